The quantitative estimate of drug-likeness (QED) is 0.166. The van der Waals surface area contributed by atoms with Gasteiger partial charge in [-0.15, -0.1) is 0 Å². The molecule has 0 atom stereocenters. The summed E-state index contributed by atoms with van der Waals surface area (Å²) in [6, 6.07) is 66.4. The Labute approximate surface area is 301 Å². The van der Waals surface area contributed by atoms with Crippen LogP contribution in [0.15, 0.2) is 188 Å². The fourth-order valence-electron chi connectivity index (χ4n) is 9.06. The summed E-state index contributed by atoms with van der Waals surface area (Å²) in [5, 5.41) is 18.2. The SMILES string of the molecule is O=P(c1ccccc1)(c1ccccc1)c1ccc(-c2ccc3c4c2cccc4c2c(-c4ccccc4)c4cccc5c6ccccc6c(c45)c32)cc1. The van der Waals surface area contributed by atoms with Gasteiger partial charge in [0, 0.05) is 15.9 Å². The number of hydrogen-bond donors (Lipinski definition) is 0. The van der Waals surface area contributed by atoms with Gasteiger partial charge in [0.05, 0.1) is 0 Å². The van der Waals surface area contributed by atoms with E-state index < -0.39 is 7.14 Å². The number of hydrogen-bond acceptors (Lipinski definition) is 1. The lowest BCUT2D eigenvalue weighted by molar-refractivity contribution is 0.592. The maximum atomic E-state index is 15.1. The summed E-state index contributed by atoms with van der Waals surface area (Å²) in [4.78, 5) is 0. The van der Waals surface area contributed by atoms with Crippen molar-refractivity contribution in [3.8, 4) is 22.3 Å². The Morgan fingerprint density at radius 3 is 1.44 bits per heavy atom. The third-order valence-electron chi connectivity index (χ3n) is 11.2. The van der Waals surface area contributed by atoms with Crippen LogP contribution in [0.5, 0.6) is 0 Å². The summed E-state index contributed by atoms with van der Waals surface area (Å²) in [7, 11) is -3.07. The Morgan fingerprint density at radius 2 is 0.750 bits per heavy atom. The zero-order valence-corrected chi connectivity index (χ0v) is 29.1. The summed E-state index contributed by atoms with van der Waals surface area (Å²) in [6.45, 7) is 0. The van der Waals surface area contributed by atoms with Crippen LogP contribution < -0.4 is 15.9 Å². The second kappa shape index (κ2) is 11.1. The molecule has 0 radical (unpaired) electrons. The van der Waals surface area contributed by atoms with Crippen LogP contribution in [0.1, 0.15) is 0 Å². The molecule has 0 aromatic heterocycles. The third kappa shape index (κ3) is 3.97. The van der Waals surface area contributed by atoms with Gasteiger partial charge in [0.15, 0.2) is 7.14 Å². The minimum Gasteiger partial charge on any atom is -0.309 e. The molecule has 2 heteroatoms. The van der Waals surface area contributed by atoms with Crippen molar-refractivity contribution in [1.29, 1.82) is 0 Å². The average Bonchev–Trinajstić information content (AvgIpc) is 3.73. The van der Waals surface area contributed by atoms with E-state index in [2.05, 4.69) is 127 Å². The topological polar surface area (TPSA) is 17.1 Å². The third-order valence-corrected chi connectivity index (χ3v) is 14.3. The molecule has 0 saturated carbocycles. The fraction of sp³-hybridized carbons (Fsp3) is 0. The highest BCUT2D eigenvalue weighted by Crippen LogP contribution is 2.53. The van der Waals surface area contributed by atoms with Gasteiger partial charge in [-0.2, -0.15) is 0 Å². The number of benzene rings is 9. The van der Waals surface area contributed by atoms with Crippen molar-refractivity contribution in [1.82, 2.24) is 0 Å². The first kappa shape index (κ1) is 29.5. The van der Waals surface area contributed by atoms with Gasteiger partial charge >= 0.3 is 0 Å². The monoisotopic (exact) mass is 678 g/mol. The van der Waals surface area contributed by atoms with Gasteiger partial charge in [0.25, 0.3) is 0 Å². The van der Waals surface area contributed by atoms with Crippen molar-refractivity contribution in [2.24, 2.45) is 0 Å². The Hall–Kier alpha value is -6.27. The summed E-state index contributed by atoms with van der Waals surface area (Å²) < 4.78 is 15.1. The molecule has 242 valence electrons. The van der Waals surface area contributed by atoms with E-state index in [1.54, 1.807) is 0 Å². The Kier molecular flexibility index (Phi) is 6.30. The molecule has 0 aliphatic heterocycles. The molecule has 0 saturated heterocycles. The fourth-order valence-corrected chi connectivity index (χ4v) is 11.7. The molecule has 11 aromatic carbocycles. The van der Waals surface area contributed by atoms with Crippen LogP contribution in [0, 0.1) is 0 Å². The zero-order valence-electron chi connectivity index (χ0n) is 28.3. The van der Waals surface area contributed by atoms with Gasteiger partial charge in [0.2, 0.25) is 0 Å². The average molecular weight is 679 g/mol. The van der Waals surface area contributed by atoms with Crippen LogP contribution in [0.4, 0.5) is 0 Å². The van der Waals surface area contributed by atoms with Crippen molar-refractivity contribution >= 4 is 87.7 Å². The second-order valence-corrected chi connectivity index (χ2v) is 16.6. The molecular weight excluding hydrogens is 648 g/mol. The normalized spacial score (nSPS) is 12.3. The first-order valence-corrected chi connectivity index (χ1v) is 19.6. The van der Waals surface area contributed by atoms with Crippen LogP contribution in [0.2, 0.25) is 0 Å². The molecule has 0 heterocycles. The van der Waals surface area contributed by atoms with Crippen LogP contribution in [-0.4, -0.2) is 0 Å². The second-order valence-electron chi connectivity index (χ2n) is 13.9. The number of rotatable bonds is 5. The Balaban J connectivity index is 1.20. The minimum atomic E-state index is -3.07. The zero-order chi connectivity index (χ0) is 34.4. The first-order chi connectivity index (χ1) is 25.7. The maximum Gasteiger partial charge on any atom is 0.171 e. The smallest absolute Gasteiger partial charge is 0.171 e. The summed E-state index contributed by atoms with van der Waals surface area (Å²) >= 11 is 0. The van der Waals surface area contributed by atoms with Crippen LogP contribution >= 0.6 is 7.14 Å². The highest BCUT2D eigenvalue weighted by molar-refractivity contribution is 7.85. The molecule has 0 aliphatic carbocycles. The van der Waals surface area contributed by atoms with E-state index in [4.69, 9.17) is 0 Å². The van der Waals surface area contributed by atoms with Gasteiger partial charge in [-0.1, -0.05) is 188 Å². The molecule has 0 fully saturated rings. The molecule has 0 spiro atoms. The highest BCUT2D eigenvalue weighted by atomic mass is 31.2. The molecule has 0 amide bonds. The molecule has 0 N–H and O–H groups in total. The summed E-state index contributed by atoms with van der Waals surface area (Å²) in [5.41, 5.74) is 4.83. The van der Waals surface area contributed by atoms with Gasteiger partial charge in [-0.05, 0) is 86.9 Å². The van der Waals surface area contributed by atoms with Crippen molar-refractivity contribution in [2.75, 3.05) is 0 Å². The lowest BCUT2D eigenvalue weighted by Gasteiger charge is -2.20. The molecule has 11 rings (SSSR count). The largest absolute Gasteiger partial charge is 0.309 e. The van der Waals surface area contributed by atoms with Crippen molar-refractivity contribution in [3.05, 3.63) is 188 Å². The van der Waals surface area contributed by atoms with E-state index in [1.165, 1.54) is 81.3 Å². The van der Waals surface area contributed by atoms with E-state index in [0.717, 1.165) is 21.5 Å². The first-order valence-electron chi connectivity index (χ1n) is 17.9. The van der Waals surface area contributed by atoms with E-state index in [-0.39, 0.29) is 0 Å². The molecular formula is C50H31OP. The standard InChI is InChI=1S/C50H31OP/c51-52(34-16-6-2-7-17-34,35-18-8-3-9-19-35)36-28-26-32(27-29-36)37-30-31-44-46-39(37)22-12-25-43(46)49-45(33-14-4-1-5-15-33)42-24-13-23-40-38-20-10-11-21-41(38)48(47(40)42)50(44)49/h1-31H. The Morgan fingerprint density at radius 1 is 0.269 bits per heavy atom. The van der Waals surface area contributed by atoms with Crippen LogP contribution in [-0.2, 0) is 4.57 Å². The predicted molar refractivity (Wildman–Crippen MR) is 224 cm³/mol. The maximum absolute atomic E-state index is 15.1. The van der Waals surface area contributed by atoms with E-state index in [9.17, 15) is 0 Å². The van der Waals surface area contributed by atoms with Gasteiger partial charge in [-0.3, -0.25) is 0 Å². The molecule has 0 bridgehead atoms. The van der Waals surface area contributed by atoms with Crippen molar-refractivity contribution < 1.29 is 4.57 Å². The van der Waals surface area contributed by atoms with Crippen molar-refractivity contribution in [3.63, 3.8) is 0 Å². The van der Waals surface area contributed by atoms with E-state index >= 15 is 4.57 Å². The molecule has 0 aliphatic rings. The Bertz CT molecular complexity index is 3120. The van der Waals surface area contributed by atoms with Gasteiger partial charge in [-0.25, -0.2) is 0 Å². The summed E-state index contributed by atoms with van der Waals surface area (Å²) in [6.07, 6.45) is 0. The molecule has 11 aromatic rings. The molecule has 1 nitrogen and oxygen atoms in total. The van der Waals surface area contributed by atoms with Crippen molar-refractivity contribution in [2.45, 2.75) is 0 Å². The number of fused-ring (bicyclic) bond motifs is 7. The summed E-state index contributed by atoms with van der Waals surface area (Å²) in [5.74, 6) is 0. The lowest BCUT2D eigenvalue weighted by Crippen LogP contribution is -2.24. The van der Waals surface area contributed by atoms with Gasteiger partial charge < -0.3 is 4.57 Å². The molecule has 0 unspecified atom stereocenters. The molecule has 52 heavy (non-hydrogen) atoms. The predicted octanol–water partition coefficient (Wildman–Crippen LogP) is 12.5. The highest BCUT2D eigenvalue weighted by Gasteiger charge is 2.30. The van der Waals surface area contributed by atoms with Crippen LogP contribution in [0.3, 0.4) is 0 Å². The lowest BCUT2D eigenvalue weighted by atomic mass is 9.90. The van der Waals surface area contributed by atoms with Gasteiger partial charge in [0.1, 0.15) is 0 Å². The van der Waals surface area contributed by atoms with E-state index in [1.807, 2.05) is 60.7 Å². The van der Waals surface area contributed by atoms with Crippen LogP contribution in [0.25, 0.3) is 86.9 Å². The minimum absolute atomic E-state index is 0.837. The van der Waals surface area contributed by atoms with E-state index in [0.29, 0.717) is 0 Å².